The second-order valence-corrected chi connectivity index (χ2v) is 6.89. The van der Waals surface area contributed by atoms with Gasteiger partial charge in [-0.05, 0) is 29.8 Å². The molecule has 0 saturated carbocycles. The van der Waals surface area contributed by atoms with E-state index in [1.54, 1.807) is 30.3 Å². The van der Waals surface area contributed by atoms with Gasteiger partial charge in [-0.25, -0.2) is 13.1 Å². The van der Waals surface area contributed by atoms with Crippen molar-refractivity contribution in [3.05, 3.63) is 54.1 Å². The van der Waals surface area contributed by atoms with Crippen LogP contribution in [0.3, 0.4) is 0 Å². The molecule has 0 aromatic heterocycles. The predicted molar refractivity (Wildman–Crippen MR) is 88.7 cm³/mol. The summed E-state index contributed by atoms with van der Waals surface area (Å²) >= 11 is 0. The molecule has 0 spiro atoms. The summed E-state index contributed by atoms with van der Waals surface area (Å²) < 4.78 is 37.7. The molecule has 0 radical (unpaired) electrons. The summed E-state index contributed by atoms with van der Waals surface area (Å²) in [4.78, 5) is 11.1. The highest BCUT2D eigenvalue weighted by atomic mass is 32.2. The Balaban J connectivity index is 2.38. The van der Waals surface area contributed by atoms with Crippen LogP contribution in [0.2, 0.25) is 0 Å². The van der Waals surface area contributed by atoms with Crippen molar-refractivity contribution in [3.63, 3.8) is 0 Å². The molecular formula is C17H18NO6S-. The van der Waals surface area contributed by atoms with Crippen LogP contribution in [-0.2, 0) is 14.8 Å². The SMILES string of the molecule is COc1ccc(C(CC(=O)[O-])NS(=O)(=O)c2ccccc2)cc1OC. The van der Waals surface area contributed by atoms with E-state index in [0.29, 0.717) is 17.1 Å². The number of hydrogen-bond acceptors (Lipinski definition) is 6. The normalized spacial score (nSPS) is 12.4. The van der Waals surface area contributed by atoms with Crippen molar-refractivity contribution in [2.45, 2.75) is 17.4 Å². The van der Waals surface area contributed by atoms with Crippen LogP contribution in [0, 0.1) is 0 Å². The summed E-state index contributed by atoms with van der Waals surface area (Å²) in [5.41, 5.74) is 0.418. The minimum absolute atomic E-state index is 0.0406. The first kappa shape index (κ1) is 18.8. The van der Waals surface area contributed by atoms with E-state index in [4.69, 9.17) is 9.47 Å². The summed E-state index contributed by atoms with van der Waals surface area (Å²) in [6.45, 7) is 0. The van der Waals surface area contributed by atoms with Crippen LogP contribution in [0.4, 0.5) is 0 Å². The third kappa shape index (κ3) is 4.71. The van der Waals surface area contributed by atoms with E-state index in [0.717, 1.165) is 0 Å². The molecule has 1 unspecified atom stereocenters. The molecule has 1 N–H and O–H groups in total. The van der Waals surface area contributed by atoms with Gasteiger partial charge in [0.2, 0.25) is 10.0 Å². The van der Waals surface area contributed by atoms with E-state index >= 15 is 0 Å². The molecule has 8 heteroatoms. The summed E-state index contributed by atoms with van der Waals surface area (Å²) in [5, 5.41) is 11.1. The standard InChI is InChI=1S/C17H19NO6S/c1-23-15-9-8-12(10-16(15)24-2)14(11-17(19)20)18-25(21,22)13-6-4-3-5-7-13/h3-10,14,18H,11H2,1-2H3,(H,19,20)/p-1. The molecule has 0 amide bonds. The summed E-state index contributed by atoms with van der Waals surface area (Å²) in [6.07, 6.45) is -0.526. The van der Waals surface area contributed by atoms with Crippen LogP contribution >= 0.6 is 0 Å². The van der Waals surface area contributed by atoms with Crippen molar-refractivity contribution in [1.29, 1.82) is 0 Å². The van der Waals surface area contributed by atoms with Gasteiger partial charge in [-0.15, -0.1) is 0 Å². The first-order valence-electron chi connectivity index (χ1n) is 7.36. The lowest BCUT2D eigenvalue weighted by atomic mass is 10.0. The van der Waals surface area contributed by atoms with E-state index in [9.17, 15) is 18.3 Å². The number of sulfonamides is 1. The zero-order chi connectivity index (χ0) is 18.4. The van der Waals surface area contributed by atoms with Gasteiger partial charge in [0.15, 0.2) is 11.5 Å². The van der Waals surface area contributed by atoms with Gasteiger partial charge in [-0.2, -0.15) is 0 Å². The van der Waals surface area contributed by atoms with Crippen LogP contribution in [0.1, 0.15) is 18.0 Å². The number of carbonyl (C=O) groups excluding carboxylic acids is 1. The maximum absolute atomic E-state index is 12.5. The van der Waals surface area contributed by atoms with Crippen molar-refractivity contribution in [2.75, 3.05) is 14.2 Å². The Morgan fingerprint density at radius 3 is 2.28 bits per heavy atom. The highest BCUT2D eigenvalue weighted by Gasteiger charge is 2.22. The lowest BCUT2D eigenvalue weighted by Crippen LogP contribution is -2.34. The molecule has 0 heterocycles. The molecule has 0 fully saturated rings. The zero-order valence-corrected chi connectivity index (χ0v) is 14.6. The lowest BCUT2D eigenvalue weighted by molar-refractivity contribution is -0.306. The number of hydrogen-bond donors (Lipinski definition) is 1. The quantitative estimate of drug-likeness (QED) is 0.745. The Labute approximate surface area is 146 Å². The number of carbonyl (C=O) groups is 1. The average Bonchev–Trinajstić information content (AvgIpc) is 2.60. The zero-order valence-electron chi connectivity index (χ0n) is 13.8. The number of aliphatic carboxylic acids is 1. The summed E-state index contributed by atoms with van der Waals surface area (Å²) in [5.74, 6) is -0.567. The number of carboxylic acids is 1. The number of methoxy groups -OCH3 is 2. The molecule has 1 atom stereocenters. The molecule has 0 aliphatic heterocycles. The van der Waals surface area contributed by atoms with Crippen molar-refractivity contribution >= 4 is 16.0 Å². The molecule has 0 aliphatic carbocycles. The molecule has 134 valence electrons. The Morgan fingerprint density at radius 1 is 1.08 bits per heavy atom. The summed E-state index contributed by atoms with van der Waals surface area (Å²) in [7, 11) is -1.00. The fraction of sp³-hybridized carbons (Fsp3) is 0.235. The van der Waals surface area contributed by atoms with Gasteiger partial charge in [0.05, 0.1) is 25.2 Å². The highest BCUT2D eigenvalue weighted by molar-refractivity contribution is 7.89. The Morgan fingerprint density at radius 2 is 1.72 bits per heavy atom. The van der Waals surface area contributed by atoms with Gasteiger partial charge < -0.3 is 19.4 Å². The second-order valence-electron chi connectivity index (χ2n) is 5.18. The third-order valence-electron chi connectivity index (χ3n) is 3.53. The van der Waals surface area contributed by atoms with Gasteiger partial charge in [0, 0.05) is 12.4 Å². The smallest absolute Gasteiger partial charge is 0.241 e. The predicted octanol–water partition coefficient (Wildman–Crippen LogP) is 0.863. The Hall–Kier alpha value is -2.58. The van der Waals surface area contributed by atoms with E-state index in [1.165, 1.54) is 32.4 Å². The number of rotatable bonds is 8. The minimum Gasteiger partial charge on any atom is -0.550 e. The van der Waals surface area contributed by atoms with Gasteiger partial charge in [0.25, 0.3) is 0 Å². The molecule has 2 aromatic rings. The largest absolute Gasteiger partial charge is 0.550 e. The van der Waals surface area contributed by atoms with Crippen LogP contribution in [-0.4, -0.2) is 28.6 Å². The molecule has 0 saturated heterocycles. The second kappa shape index (κ2) is 8.00. The fourth-order valence-electron chi connectivity index (χ4n) is 2.32. The Bertz CT molecular complexity index is 835. The highest BCUT2D eigenvalue weighted by Crippen LogP contribution is 2.31. The minimum atomic E-state index is -3.90. The maximum atomic E-state index is 12.5. The van der Waals surface area contributed by atoms with E-state index < -0.39 is 28.5 Å². The van der Waals surface area contributed by atoms with Gasteiger partial charge in [0.1, 0.15) is 0 Å². The van der Waals surface area contributed by atoms with Crippen LogP contribution in [0.15, 0.2) is 53.4 Å². The maximum Gasteiger partial charge on any atom is 0.241 e. The van der Waals surface area contributed by atoms with E-state index in [-0.39, 0.29) is 4.90 Å². The van der Waals surface area contributed by atoms with Crippen LogP contribution in [0.25, 0.3) is 0 Å². The first-order chi connectivity index (χ1) is 11.9. The van der Waals surface area contributed by atoms with Crippen LogP contribution in [0.5, 0.6) is 11.5 Å². The molecular weight excluding hydrogens is 346 g/mol. The molecule has 2 rings (SSSR count). The van der Waals surface area contributed by atoms with Gasteiger partial charge in [-0.3, -0.25) is 0 Å². The number of nitrogens with one attached hydrogen (secondary N) is 1. The topological polar surface area (TPSA) is 105 Å². The number of carboxylic acid groups (broad SMARTS) is 1. The monoisotopic (exact) mass is 364 g/mol. The van der Waals surface area contributed by atoms with Gasteiger partial charge >= 0.3 is 0 Å². The molecule has 0 bridgehead atoms. The molecule has 2 aromatic carbocycles. The van der Waals surface area contributed by atoms with Gasteiger partial charge in [-0.1, -0.05) is 24.3 Å². The number of benzene rings is 2. The molecule has 0 aliphatic rings. The first-order valence-corrected chi connectivity index (χ1v) is 8.85. The van der Waals surface area contributed by atoms with Crippen molar-refractivity contribution in [2.24, 2.45) is 0 Å². The lowest BCUT2D eigenvalue weighted by Gasteiger charge is -2.21. The van der Waals surface area contributed by atoms with E-state index in [1.807, 2.05) is 0 Å². The van der Waals surface area contributed by atoms with Crippen molar-refractivity contribution in [3.8, 4) is 11.5 Å². The van der Waals surface area contributed by atoms with E-state index in [2.05, 4.69) is 4.72 Å². The summed E-state index contributed by atoms with van der Waals surface area (Å²) in [6, 6.07) is 11.4. The molecule has 25 heavy (non-hydrogen) atoms. The van der Waals surface area contributed by atoms with Crippen molar-refractivity contribution < 1.29 is 27.8 Å². The molecule has 7 nitrogen and oxygen atoms in total. The van der Waals surface area contributed by atoms with Crippen LogP contribution < -0.4 is 19.3 Å². The fourth-order valence-corrected chi connectivity index (χ4v) is 3.56. The Kier molecular flexibility index (Phi) is 6.00. The number of ether oxygens (including phenoxy) is 2. The third-order valence-corrected chi connectivity index (χ3v) is 5.02. The van der Waals surface area contributed by atoms with Crippen molar-refractivity contribution in [1.82, 2.24) is 4.72 Å². The average molecular weight is 364 g/mol.